The highest BCUT2D eigenvalue weighted by Gasteiger charge is 2.17. The summed E-state index contributed by atoms with van der Waals surface area (Å²) < 4.78 is 4.93. The molecular formula is C19H24N2O3S. The minimum absolute atomic E-state index is 0.0255. The van der Waals surface area contributed by atoms with Crippen LogP contribution in [-0.4, -0.2) is 23.5 Å². The summed E-state index contributed by atoms with van der Waals surface area (Å²) in [5.41, 5.74) is 2.21. The highest BCUT2D eigenvalue weighted by Crippen LogP contribution is 2.24. The highest BCUT2D eigenvalue weighted by atomic mass is 32.1. The molecule has 1 amide bonds. The lowest BCUT2D eigenvalue weighted by molar-refractivity contribution is -0.116. The Hall–Kier alpha value is -2.21. The van der Waals surface area contributed by atoms with Gasteiger partial charge < -0.3 is 10.1 Å². The molecule has 2 aromatic rings. The summed E-state index contributed by atoms with van der Waals surface area (Å²) >= 11 is 1.59. The van der Waals surface area contributed by atoms with Gasteiger partial charge in [-0.15, -0.1) is 11.3 Å². The van der Waals surface area contributed by atoms with Crippen molar-refractivity contribution in [2.24, 2.45) is 0 Å². The second-order valence-corrected chi connectivity index (χ2v) is 7.67. The number of amides is 1. The predicted molar refractivity (Wildman–Crippen MR) is 100 cm³/mol. The molecule has 5 nitrogen and oxygen atoms in total. The molecule has 134 valence electrons. The summed E-state index contributed by atoms with van der Waals surface area (Å²) in [7, 11) is 0. The van der Waals surface area contributed by atoms with Crippen molar-refractivity contribution in [2.75, 3.05) is 11.9 Å². The molecule has 1 aromatic carbocycles. The first-order valence-electron chi connectivity index (χ1n) is 8.31. The molecule has 6 heteroatoms. The van der Waals surface area contributed by atoms with Crippen LogP contribution in [0.25, 0.3) is 0 Å². The molecule has 25 heavy (non-hydrogen) atoms. The van der Waals surface area contributed by atoms with Crippen molar-refractivity contribution >= 4 is 28.9 Å². The standard InChI is InChI=1S/C19H24N2O3S/c1-5-24-18(23)13-6-8-14(9-7-13)20-16(22)10-11-17-21-15(12-25-17)19(2,3)4/h6-9,12H,5,10-11H2,1-4H3,(H,20,22). The average molecular weight is 360 g/mol. The van der Waals surface area contributed by atoms with E-state index in [4.69, 9.17) is 4.74 Å². The van der Waals surface area contributed by atoms with Crippen LogP contribution in [0.1, 0.15) is 55.2 Å². The van der Waals surface area contributed by atoms with E-state index in [0.29, 0.717) is 30.7 Å². The SMILES string of the molecule is CCOC(=O)c1ccc(NC(=O)CCc2nc(C(C)(C)C)cs2)cc1. The number of aryl methyl sites for hydroxylation is 1. The van der Waals surface area contributed by atoms with Gasteiger partial charge in [0.1, 0.15) is 0 Å². The molecule has 0 fully saturated rings. The number of rotatable bonds is 6. The molecule has 1 heterocycles. The Labute approximate surface area is 152 Å². The van der Waals surface area contributed by atoms with Gasteiger partial charge in [0.05, 0.1) is 22.9 Å². The van der Waals surface area contributed by atoms with Crippen LogP contribution in [0, 0.1) is 0 Å². The number of carbonyl (C=O) groups is 2. The van der Waals surface area contributed by atoms with Gasteiger partial charge in [-0.2, -0.15) is 0 Å². The van der Waals surface area contributed by atoms with Crippen LogP contribution in [0.3, 0.4) is 0 Å². The fraction of sp³-hybridized carbons (Fsp3) is 0.421. The Kier molecular flexibility index (Phi) is 6.31. The van der Waals surface area contributed by atoms with Gasteiger partial charge in [-0.25, -0.2) is 9.78 Å². The van der Waals surface area contributed by atoms with Crippen molar-refractivity contribution < 1.29 is 14.3 Å². The van der Waals surface area contributed by atoms with Gasteiger partial charge in [-0.1, -0.05) is 20.8 Å². The molecular weight excluding hydrogens is 336 g/mol. The Morgan fingerprint density at radius 3 is 2.44 bits per heavy atom. The number of benzene rings is 1. The lowest BCUT2D eigenvalue weighted by Crippen LogP contribution is -2.13. The van der Waals surface area contributed by atoms with E-state index >= 15 is 0 Å². The molecule has 0 saturated heterocycles. The summed E-state index contributed by atoms with van der Waals surface area (Å²) in [4.78, 5) is 28.3. The summed E-state index contributed by atoms with van der Waals surface area (Å²) in [6.45, 7) is 8.47. The molecule has 0 spiro atoms. The Morgan fingerprint density at radius 2 is 1.88 bits per heavy atom. The monoisotopic (exact) mass is 360 g/mol. The maximum absolute atomic E-state index is 12.1. The van der Waals surface area contributed by atoms with Crippen LogP contribution in [0.4, 0.5) is 5.69 Å². The highest BCUT2D eigenvalue weighted by molar-refractivity contribution is 7.09. The van der Waals surface area contributed by atoms with Gasteiger partial charge in [0.25, 0.3) is 0 Å². The Bertz CT molecular complexity index is 730. The zero-order chi connectivity index (χ0) is 18.4. The first-order chi connectivity index (χ1) is 11.8. The van der Waals surface area contributed by atoms with E-state index in [2.05, 4.69) is 36.5 Å². The van der Waals surface area contributed by atoms with Gasteiger partial charge in [0, 0.05) is 29.3 Å². The first-order valence-corrected chi connectivity index (χ1v) is 9.19. The molecule has 2 rings (SSSR count). The quantitative estimate of drug-likeness (QED) is 0.784. The smallest absolute Gasteiger partial charge is 0.338 e. The maximum Gasteiger partial charge on any atom is 0.338 e. The average Bonchev–Trinajstić information content (AvgIpc) is 3.03. The number of thiazole rings is 1. The van der Waals surface area contributed by atoms with Crippen molar-refractivity contribution in [3.63, 3.8) is 0 Å². The number of aromatic nitrogens is 1. The third kappa shape index (κ3) is 5.67. The van der Waals surface area contributed by atoms with E-state index in [-0.39, 0.29) is 17.3 Å². The Balaban J connectivity index is 1.86. The molecule has 0 aliphatic heterocycles. The molecule has 1 aromatic heterocycles. The topological polar surface area (TPSA) is 68.3 Å². The summed E-state index contributed by atoms with van der Waals surface area (Å²) in [5.74, 6) is -0.435. The number of esters is 1. The van der Waals surface area contributed by atoms with Crippen LogP contribution in [0.2, 0.25) is 0 Å². The fourth-order valence-electron chi connectivity index (χ4n) is 2.12. The van der Waals surface area contributed by atoms with Gasteiger partial charge in [-0.05, 0) is 31.2 Å². The number of hydrogen-bond donors (Lipinski definition) is 1. The molecule has 0 saturated carbocycles. The lowest BCUT2D eigenvalue weighted by atomic mass is 9.93. The largest absolute Gasteiger partial charge is 0.462 e. The third-order valence-corrected chi connectivity index (χ3v) is 4.47. The van der Waals surface area contributed by atoms with Gasteiger partial charge in [0.15, 0.2) is 0 Å². The van der Waals surface area contributed by atoms with Crippen LogP contribution in [0.15, 0.2) is 29.6 Å². The van der Waals surface area contributed by atoms with Crippen LogP contribution in [-0.2, 0) is 21.4 Å². The minimum Gasteiger partial charge on any atom is -0.462 e. The van der Waals surface area contributed by atoms with Crippen molar-refractivity contribution in [1.82, 2.24) is 4.98 Å². The van der Waals surface area contributed by atoms with Gasteiger partial charge in [-0.3, -0.25) is 4.79 Å². The van der Waals surface area contributed by atoms with Crippen molar-refractivity contribution in [3.05, 3.63) is 45.9 Å². The third-order valence-electron chi connectivity index (χ3n) is 3.57. The molecule has 0 atom stereocenters. The number of ether oxygens (including phenoxy) is 1. The van der Waals surface area contributed by atoms with Crippen molar-refractivity contribution in [1.29, 1.82) is 0 Å². The van der Waals surface area contributed by atoms with E-state index in [1.54, 1.807) is 42.5 Å². The zero-order valence-corrected chi connectivity index (χ0v) is 15.9. The van der Waals surface area contributed by atoms with Gasteiger partial charge in [0.2, 0.25) is 5.91 Å². The second-order valence-electron chi connectivity index (χ2n) is 6.72. The predicted octanol–water partition coefficient (Wildman–Crippen LogP) is 4.19. The molecule has 0 unspecified atom stereocenters. The first kappa shape index (κ1) is 19.1. The van der Waals surface area contributed by atoms with Crippen LogP contribution >= 0.6 is 11.3 Å². The molecule has 0 aliphatic rings. The summed E-state index contributed by atoms with van der Waals surface area (Å²) in [5, 5.41) is 5.86. The Morgan fingerprint density at radius 1 is 1.20 bits per heavy atom. The maximum atomic E-state index is 12.1. The van der Waals surface area contributed by atoms with E-state index in [1.165, 1.54) is 0 Å². The zero-order valence-electron chi connectivity index (χ0n) is 15.1. The number of nitrogens with zero attached hydrogens (tertiary/aromatic N) is 1. The van der Waals surface area contributed by atoms with E-state index in [9.17, 15) is 9.59 Å². The molecule has 1 N–H and O–H groups in total. The lowest BCUT2D eigenvalue weighted by Gasteiger charge is -2.14. The normalized spacial score (nSPS) is 11.2. The van der Waals surface area contributed by atoms with E-state index < -0.39 is 0 Å². The van der Waals surface area contributed by atoms with Crippen molar-refractivity contribution in [3.8, 4) is 0 Å². The number of hydrogen-bond acceptors (Lipinski definition) is 5. The number of carbonyl (C=O) groups excluding carboxylic acids is 2. The summed E-state index contributed by atoms with van der Waals surface area (Å²) in [6.07, 6.45) is 0.990. The number of nitrogens with one attached hydrogen (secondary N) is 1. The van der Waals surface area contributed by atoms with Crippen LogP contribution in [0.5, 0.6) is 0 Å². The number of anilines is 1. The van der Waals surface area contributed by atoms with E-state index in [0.717, 1.165) is 10.7 Å². The summed E-state index contributed by atoms with van der Waals surface area (Å²) in [6, 6.07) is 6.69. The van der Waals surface area contributed by atoms with Crippen LogP contribution < -0.4 is 5.32 Å². The molecule has 0 bridgehead atoms. The fourth-order valence-corrected chi connectivity index (χ4v) is 3.14. The minimum atomic E-state index is -0.362. The molecule has 0 aliphatic carbocycles. The molecule has 0 radical (unpaired) electrons. The van der Waals surface area contributed by atoms with Gasteiger partial charge >= 0.3 is 5.97 Å². The second kappa shape index (κ2) is 8.25. The van der Waals surface area contributed by atoms with E-state index in [1.807, 2.05) is 0 Å². The van der Waals surface area contributed by atoms with Crippen molar-refractivity contribution in [2.45, 2.75) is 46.0 Å².